The second kappa shape index (κ2) is 8.17. The molecule has 2 aromatic carbocycles. The maximum absolute atomic E-state index is 12.9. The molecular formula is C19H22Cl2N2O2S. The number of nitrogens with zero attached hydrogens (tertiary/aromatic N) is 1. The Labute approximate surface area is 165 Å². The van der Waals surface area contributed by atoms with Crippen molar-refractivity contribution in [2.75, 3.05) is 18.4 Å². The van der Waals surface area contributed by atoms with Crippen LogP contribution in [0.3, 0.4) is 0 Å². The highest BCUT2D eigenvalue weighted by atomic mass is 35.5. The predicted molar refractivity (Wildman–Crippen MR) is 108 cm³/mol. The Morgan fingerprint density at radius 1 is 1.00 bits per heavy atom. The Morgan fingerprint density at radius 2 is 1.73 bits per heavy atom. The van der Waals surface area contributed by atoms with E-state index in [4.69, 9.17) is 23.2 Å². The summed E-state index contributed by atoms with van der Waals surface area (Å²) in [5.74, 6) is 0. The molecule has 7 heteroatoms. The highest BCUT2D eigenvalue weighted by molar-refractivity contribution is 7.89. The number of sulfonamides is 1. The molecule has 1 atom stereocenters. The van der Waals surface area contributed by atoms with Crippen LogP contribution in [0.25, 0.3) is 0 Å². The molecule has 26 heavy (non-hydrogen) atoms. The van der Waals surface area contributed by atoms with Crippen molar-refractivity contribution >= 4 is 38.9 Å². The Hall–Kier alpha value is -1.27. The molecule has 0 bridgehead atoms. The Balaban J connectivity index is 1.80. The maximum Gasteiger partial charge on any atom is 0.243 e. The second-order valence-corrected chi connectivity index (χ2v) is 9.28. The van der Waals surface area contributed by atoms with E-state index in [1.165, 1.54) is 0 Å². The van der Waals surface area contributed by atoms with Crippen LogP contribution in [-0.2, 0) is 10.0 Å². The van der Waals surface area contributed by atoms with Gasteiger partial charge in [0, 0.05) is 24.8 Å². The van der Waals surface area contributed by atoms with Crippen molar-refractivity contribution in [1.29, 1.82) is 0 Å². The number of benzene rings is 2. The molecule has 1 N–H and O–H groups in total. The number of hydrogen-bond acceptors (Lipinski definition) is 3. The van der Waals surface area contributed by atoms with Crippen molar-refractivity contribution in [3.63, 3.8) is 0 Å². The van der Waals surface area contributed by atoms with Crippen molar-refractivity contribution in [3.05, 3.63) is 58.1 Å². The SMILES string of the molecule is CC(Nc1ccc(Cl)c(Cl)c1)c1cccc(S(=O)(=O)N2CCCCC2)c1. The van der Waals surface area contributed by atoms with Crippen molar-refractivity contribution in [1.82, 2.24) is 4.31 Å². The van der Waals surface area contributed by atoms with Gasteiger partial charge in [-0.3, -0.25) is 0 Å². The Kier molecular flexibility index (Phi) is 6.13. The Morgan fingerprint density at radius 3 is 2.42 bits per heavy atom. The van der Waals surface area contributed by atoms with Gasteiger partial charge in [-0.1, -0.05) is 41.8 Å². The summed E-state index contributed by atoms with van der Waals surface area (Å²) < 4.78 is 27.3. The fourth-order valence-electron chi connectivity index (χ4n) is 3.12. The summed E-state index contributed by atoms with van der Waals surface area (Å²) >= 11 is 12.0. The van der Waals surface area contributed by atoms with E-state index in [2.05, 4.69) is 5.32 Å². The van der Waals surface area contributed by atoms with Crippen LogP contribution in [0.2, 0.25) is 10.0 Å². The maximum atomic E-state index is 12.9. The minimum absolute atomic E-state index is 0.0799. The third kappa shape index (κ3) is 4.34. The molecule has 1 aliphatic heterocycles. The van der Waals surface area contributed by atoms with E-state index < -0.39 is 10.0 Å². The van der Waals surface area contributed by atoms with Crippen molar-refractivity contribution in [2.24, 2.45) is 0 Å². The molecule has 0 radical (unpaired) electrons. The molecule has 0 aliphatic carbocycles. The summed E-state index contributed by atoms with van der Waals surface area (Å²) in [6.07, 6.45) is 2.94. The van der Waals surface area contributed by atoms with Gasteiger partial charge < -0.3 is 5.32 Å². The molecule has 4 nitrogen and oxygen atoms in total. The van der Waals surface area contributed by atoms with E-state index in [0.29, 0.717) is 28.0 Å². The highest BCUT2D eigenvalue weighted by Gasteiger charge is 2.26. The quantitative estimate of drug-likeness (QED) is 0.720. The first-order chi connectivity index (χ1) is 12.4. The molecule has 0 aromatic heterocycles. The van der Waals surface area contributed by atoms with Gasteiger partial charge in [0.15, 0.2) is 0 Å². The van der Waals surface area contributed by atoms with E-state index in [0.717, 1.165) is 30.5 Å². The van der Waals surface area contributed by atoms with E-state index in [1.54, 1.807) is 34.6 Å². The van der Waals surface area contributed by atoms with Gasteiger partial charge >= 0.3 is 0 Å². The summed E-state index contributed by atoms with van der Waals surface area (Å²) in [6, 6.07) is 12.4. The van der Waals surface area contributed by atoms with Crippen LogP contribution in [0.1, 0.15) is 37.8 Å². The average Bonchev–Trinajstić information content (AvgIpc) is 2.65. The predicted octanol–water partition coefficient (Wildman–Crippen LogP) is 5.34. The first-order valence-electron chi connectivity index (χ1n) is 8.69. The van der Waals surface area contributed by atoms with Crippen LogP contribution in [0.5, 0.6) is 0 Å². The van der Waals surface area contributed by atoms with Gasteiger partial charge in [0.1, 0.15) is 0 Å². The van der Waals surface area contributed by atoms with Gasteiger partial charge in [0.05, 0.1) is 14.9 Å². The summed E-state index contributed by atoms with van der Waals surface area (Å²) in [4.78, 5) is 0.347. The first kappa shape index (κ1) is 19.5. The summed E-state index contributed by atoms with van der Waals surface area (Å²) in [5.41, 5.74) is 1.73. The number of rotatable bonds is 5. The summed E-state index contributed by atoms with van der Waals surface area (Å²) in [7, 11) is -3.44. The van der Waals surface area contributed by atoms with Crippen LogP contribution in [0.15, 0.2) is 47.4 Å². The number of piperidine rings is 1. The molecule has 0 spiro atoms. The monoisotopic (exact) mass is 412 g/mol. The molecule has 1 unspecified atom stereocenters. The zero-order valence-electron chi connectivity index (χ0n) is 14.6. The van der Waals surface area contributed by atoms with Crippen LogP contribution in [0.4, 0.5) is 5.69 Å². The number of anilines is 1. The van der Waals surface area contributed by atoms with Gasteiger partial charge in [-0.05, 0) is 55.7 Å². The zero-order valence-corrected chi connectivity index (χ0v) is 16.9. The topological polar surface area (TPSA) is 49.4 Å². The van der Waals surface area contributed by atoms with Crippen LogP contribution >= 0.6 is 23.2 Å². The third-order valence-electron chi connectivity index (χ3n) is 4.61. The molecule has 3 rings (SSSR count). The van der Waals surface area contributed by atoms with Crippen LogP contribution < -0.4 is 5.32 Å². The standard InChI is InChI=1S/C19H22Cl2N2O2S/c1-14(22-16-8-9-18(20)19(21)13-16)15-6-5-7-17(12-15)26(24,25)23-10-3-2-4-11-23/h5-9,12-14,22H,2-4,10-11H2,1H3. The van der Waals surface area contributed by atoms with Gasteiger partial charge in [-0.25, -0.2) is 8.42 Å². The highest BCUT2D eigenvalue weighted by Crippen LogP contribution is 2.28. The lowest BCUT2D eigenvalue weighted by molar-refractivity contribution is 0.346. The molecule has 0 amide bonds. The van der Waals surface area contributed by atoms with Crippen LogP contribution in [-0.4, -0.2) is 25.8 Å². The minimum Gasteiger partial charge on any atom is -0.378 e. The number of halogens is 2. The number of hydrogen-bond donors (Lipinski definition) is 1. The third-order valence-corrected chi connectivity index (χ3v) is 7.25. The van der Waals surface area contributed by atoms with Crippen molar-refractivity contribution in [2.45, 2.75) is 37.1 Å². The zero-order chi connectivity index (χ0) is 18.7. The molecule has 0 saturated carbocycles. The molecule has 1 fully saturated rings. The summed E-state index contributed by atoms with van der Waals surface area (Å²) in [6.45, 7) is 3.18. The van der Waals surface area contributed by atoms with Gasteiger partial charge in [0.25, 0.3) is 0 Å². The Bertz CT molecular complexity index is 881. The average molecular weight is 413 g/mol. The van der Waals surface area contributed by atoms with E-state index >= 15 is 0 Å². The molecule has 1 saturated heterocycles. The van der Waals surface area contributed by atoms with Gasteiger partial charge in [-0.15, -0.1) is 0 Å². The largest absolute Gasteiger partial charge is 0.378 e. The van der Waals surface area contributed by atoms with E-state index in [-0.39, 0.29) is 6.04 Å². The lowest BCUT2D eigenvalue weighted by Crippen LogP contribution is -2.35. The second-order valence-electron chi connectivity index (χ2n) is 6.53. The van der Waals surface area contributed by atoms with E-state index in [1.807, 2.05) is 19.1 Å². The molecular weight excluding hydrogens is 391 g/mol. The normalized spacial score (nSPS) is 17.0. The molecule has 140 valence electrons. The van der Waals surface area contributed by atoms with Crippen molar-refractivity contribution < 1.29 is 8.42 Å². The minimum atomic E-state index is -3.44. The van der Waals surface area contributed by atoms with Gasteiger partial charge in [-0.2, -0.15) is 4.31 Å². The van der Waals surface area contributed by atoms with Crippen LogP contribution in [0, 0.1) is 0 Å². The molecule has 2 aromatic rings. The fourth-order valence-corrected chi connectivity index (χ4v) is 4.99. The fraction of sp³-hybridized carbons (Fsp3) is 0.368. The lowest BCUT2D eigenvalue weighted by Gasteiger charge is -2.26. The van der Waals surface area contributed by atoms with Gasteiger partial charge in [0.2, 0.25) is 10.0 Å². The lowest BCUT2D eigenvalue weighted by atomic mass is 10.1. The number of nitrogens with one attached hydrogen (secondary N) is 1. The molecule has 1 aliphatic rings. The smallest absolute Gasteiger partial charge is 0.243 e. The molecule has 1 heterocycles. The van der Waals surface area contributed by atoms with E-state index in [9.17, 15) is 8.42 Å². The summed E-state index contributed by atoms with van der Waals surface area (Å²) in [5, 5.41) is 4.31. The van der Waals surface area contributed by atoms with Crippen molar-refractivity contribution in [3.8, 4) is 0 Å². The first-order valence-corrected chi connectivity index (χ1v) is 10.9.